The number of halogens is 1. The number of rotatable bonds is 6. The van der Waals surface area contributed by atoms with Crippen LogP contribution in [0.2, 0.25) is 0 Å². The molecular weight excluding hydrogens is 324 g/mol. The molecule has 112 valence electrons. The van der Waals surface area contributed by atoms with Gasteiger partial charge in [-0.25, -0.2) is 0 Å². The molecule has 1 heterocycles. The van der Waals surface area contributed by atoms with E-state index in [4.69, 9.17) is 0 Å². The van der Waals surface area contributed by atoms with Gasteiger partial charge in [-0.15, -0.1) is 0 Å². The van der Waals surface area contributed by atoms with E-state index in [1.807, 2.05) is 12.3 Å². The smallest absolute Gasteiger partial charge is 0.0451 e. The Hall–Kier alpha value is -1.19. The van der Waals surface area contributed by atoms with Gasteiger partial charge in [-0.2, -0.15) is 0 Å². The van der Waals surface area contributed by atoms with Gasteiger partial charge in [0.05, 0.1) is 0 Å². The van der Waals surface area contributed by atoms with Gasteiger partial charge in [0.2, 0.25) is 0 Å². The van der Waals surface area contributed by atoms with Crippen molar-refractivity contribution in [3.8, 4) is 0 Å². The van der Waals surface area contributed by atoms with Crippen molar-refractivity contribution in [1.29, 1.82) is 0 Å². The van der Waals surface area contributed by atoms with Crippen molar-refractivity contribution < 1.29 is 0 Å². The highest BCUT2D eigenvalue weighted by Gasteiger charge is 2.14. The van der Waals surface area contributed by atoms with Crippen LogP contribution in [0.4, 0.5) is 0 Å². The minimum absolute atomic E-state index is 0.301. The van der Waals surface area contributed by atoms with Crippen molar-refractivity contribution in [2.45, 2.75) is 39.7 Å². The minimum Gasteiger partial charge on any atom is -0.310 e. The Morgan fingerprint density at radius 1 is 1.19 bits per heavy atom. The van der Waals surface area contributed by atoms with E-state index in [9.17, 15) is 0 Å². The van der Waals surface area contributed by atoms with E-state index in [2.05, 4.69) is 71.3 Å². The van der Waals surface area contributed by atoms with Crippen LogP contribution in [-0.4, -0.2) is 11.5 Å². The zero-order chi connectivity index (χ0) is 15.2. The summed E-state index contributed by atoms with van der Waals surface area (Å²) in [6, 6.07) is 11.0. The molecule has 0 aliphatic heterocycles. The summed E-state index contributed by atoms with van der Waals surface area (Å²) in [5, 5.41) is 3.65. The number of hydrogen-bond acceptors (Lipinski definition) is 2. The van der Waals surface area contributed by atoms with E-state index in [1.54, 1.807) is 0 Å². The van der Waals surface area contributed by atoms with Crippen molar-refractivity contribution >= 4 is 15.9 Å². The topological polar surface area (TPSA) is 24.9 Å². The van der Waals surface area contributed by atoms with Crippen LogP contribution in [0, 0.1) is 13.8 Å². The van der Waals surface area contributed by atoms with Gasteiger partial charge in [-0.1, -0.05) is 41.1 Å². The molecule has 0 aliphatic carbocycles. The van der Waals surface area contributed by atoms with Crippen molar-refractivity contribution in [2.75, 3.05) is 6.54 Å². The number of nitrogens with zero attached hydrogens (tertiary/aromatic N) is 1. The fourth-order valence-corrected chi connectivity index (χ4v) is 2.77. The van der Waals surface area contributed by atoms with Gasteiger partial charge in [-0.05, 0) is 55.6 Å². The van der Waals surface area contributed by atoms with Gasteiger partial charge in [-0.3, -0.25) is 4.98 Å². The summed E-state index contributed by atoms with van der Waals surface area (Å²) in [7, 11) is 0. The van der Waals surface area contributed by atoms with Gasteiger partial charge in [0.25, 0.3) is 0 Å². The number of benzene rings is 1. The van der Waals surface area contributed by atoms with Crippen LogP contribution in [0.3, 0.4) is 0 Å². The van der Waals surface area contributed by atoms with Crippen LogP contribution in [0.1, 0.15) is 41.8 Å². The Balaban J connectivity index is 2.25. The van der Waals surface area contributed by atoms with Gasteiger partial charge < -0.3 is 5.32 Å². The maximum atomic E-state index is 4.54. The molecule has 2 rings (SSSR count). The highest BCUT2D eigenvalue weighted by Crippen LogP contribution is 2.24. The molecule has 1 aromatic carbocycles. The number of aryl methyl sites for hydroxylation is 2. The van der Waals surface area contributed by atoms with Crippen LogP contribution in [-0.2, 0) is 6.42 Å². The first-order valence-corrected chi connectivity index (χ1v) is 8.31. The second-order valence-corrected chi connectivity index (χ2v) is 6.34. The normalized spacial score (nSPS) is 12.4. The van der Waals surface area contributed by atoms with Crippen LogP contribution in [0.25, 0.3) is 0 Å². The lowest BCUT2D eigenvalue weighted by Crippen LogP contribution is -2.24. The lowest BCUT2D eigenvalue weighted by atomic mass is 9.98. The third-order valence-electron chi connectivity index (χ3n) is 3.75. The highest BCUT2D eigenvalue weighted by molar-refractivity contribution is 9.10. The van der Waals surface area contributed by atoms with Crippen LogP contribution >= 0.6 is 15.9 Å². The first-order chi connectivity index (χ1) is 10.1. The fraction of sp³-hybridized carbons (Fsp3) is 0.389. The van der Waals surface area contributed by atoms with Crippen molar-refractivity contribution in [3.05, 3.63) is 63.4 Å². The fourth-order valence-electron chi connectivity index (χ4n) is 2.38. The quantitative estimate of drug-likeness (QED) is 0.816. The average molecular weight is 347 g/mol. The predicted molar refractivity (Wildman–Crippen MR) is 92.6 cm³/mol. The lowest BCUT2D eigenvalue weighted by molar-refractivity contribution is 0.523. The van der Waals surface area contributed by atoms with Crippen LogP contribution < -0.4 is 5.32 Å². The highest BCUT2D eigenvalue weighted by atomic mass is 79.9. The molecule has 1 atom stereocenters. The molecule has 1 unspecified atom stereocenters. The van der Waals surface area contributed by atoms with E-state index < -0.39 is 0 Å². The maximum Gasteiger partial charge on any atom is 0.0451 e. The standard InChI is InChI=1S/C18H23BrN2/c1-4-9-20-18(12-17-14(3)6-5-10-21-17)15-8-7-13(2)16(19)11-15/h5-8,10-11,18,20H,4,9,12H2,1-3H3. The van der Waals surface area contributed by atoms with Crippen molar-refractivity contribution in [2.24, 2.45) is 0 Å². The van der Waals surface area contributed by atoms with Gasteiger partial charge in [0.1, 0.15) is 0 Å². The van der Waals surface area contributed by atoms with E-state index in [0.29, 0.717) is 6.04 Å². The molecule has 0 saturated carbocycles. The number of hydrogen-bond donors (Lipinski definition) is 1. The Bertz CT molecular complexity index is 596. The number of pyridine rings is 1. The van der Waals surface area contributed by atoms with E-state index >= 15 is 0 Å². The average Bonchev–Trinajstić information content (AvgIpc) is 2.48. The predicted octanol–water partition coefficient (Wildman–Crippen LogP) is 4.74. The molecule has 21 heavy (non-hydrogen) atoms. The molecule has 3 heteroatoms. The first-order valence-electron chi connectivity index (χ1n) is 7.51. The van der Waals surface area contributed by atoms with E-state index in [-0.39, 0.29) is 0 Å². The Morgan fingerprint density at radius 2 is 2.00 bits per heavy atom. The molecule has 1 aromatic heterocycles. The largest absolute Gasteiger partial charge is 0.310 e. The zero-order valence-electron chi connectivity index (χ0n) is 13.0. The summed E-state index contributed by atoms with van der Waals surface area (Å²) in [6.07, 6.45) is 3.93. The number of aromatic nitrogens is 1. The molecule has 0 fully saturated rings. The minimum atomic E-state index is 0.301. The summed E-state index contributed by atoms with van der Waals surface area (Å²) >= 11 is 3.64. The second kappa shape index (κ2) is 7.71. The molecule has 1 N–H and O–H groups in total. The molecule has 0 bridgehead atoms. The van der Waals surface area contributed by atoms with Gasteiger partial charge in [0, 0.05) is 28.8 Å². The molecule has 0 radical (unpaired) electrons. The SMILES string of the molecule is CCCNC(Cc1ncccc1C)c1ccc(C)c(Br)c1. The zero-order valence-corrected chi connectivity index (χ0v) is 14.6. The summed E-state index contributed by atoms with van der Waals surface area (Å²) in [5.41, 5.74) is 5.00. The third-order valence-corrected chi connectivity index (χ3v) is 4.61. The summed E-state index contributed by atoms with van der Waals surface area (Å²) in [5.74, 6) is 0. The molecule has 2 nitrogen and oxygen atoms in total. The van der Waals surface area contributed by atoms with Gasteiger partial charge >= 0.3 is 0 Å². The van der Waals surface area contributed by atoms with Gasteiger partial charge in [0.15, 0.2) is 0 Å². The Labute approximate surface area is 136 Å². The van der Waals surface area contributed by atoms with Crippen molar-refractivity contribution in [1.82, 2.24) is 10.3 Å². The van der Waals surface area contributed by atoms with Crippen LogP contribution in [0.15, 0.2) is 41.0 Å². The maximum absolute atomic E-state index is 4.54. The van der Waals surface area contributed by atoms with E-state index in [0.717, 1.165) is 19.4 Å². The number of nitrogens with one attached hydrogen (secondary N) is 1. The summed E-state index contributed by atoms with van der Waals surface area (Å²) < 4.78 is 1.17. The molecular formula is C18H23BrN2. The summed E-state index contributed by atoms with van der Waals surface area (Å²) in [6.45, 7) is 7.46. The first kappa shape index (κ1) is 16.2. The molecule has 0 spiro atoms. The molecule has 0 aliphatic rings. The Morgan fingerprint density at radius 3 is 2.67 bits per heavy atom. The summed E-state index contributed by atoms with van der Waals surface area (Å²) in [4.78, 5) is 4.54. The second-order valence-electron chi connectivity index (χ2n) is 5.49. The monoisotopic (exact) mass is 346 g/mol. The van der Waals surface area contributed by atoms with E-state index in [1.165, 1.54) is 26.9 Å². The third kappa shape index (κ3) is 4.39. The van der Waals surface area contributed by atoms with Crippen LogP contribution in [0.5, 0.6) is 0 Å². The molecule has 0 saturated heterocycles. The lowest BCUT2D eigenvalue weighted by Gasteiger charge is -2.20. The Kier molecular flexibility index (Phi) is 5.95. The van der Waals surface area contributed by atoms with Crippen molar-refractivity contribution in [3.63, 3.8) is 0 Å². The molecule has 0 amide bonds. The molecule has 2 aromatic rings.